The number of hydrogen-bond donors (Lipinski definition) is 2. The minimum atomic E-state index is -1.87. The Kier molecular flexibility index (Phi) is 19.0. The van der Waals surface area contributed by atoms with Gasteiger partial charge in [0.1, 0.15) is 37.3 Å². The number of rotatable bonds is 17. The van der Waals surface area contributed by atoms with Gasteiger partial charge in [-0.15, -0.1) is 0 Å². The highest BCUT2D eigenvalue weighted by molar-refractivity contribution is 6.00. The standard InChI is InChI=1S/C70H64N4O18/c1-37(75)82-35-57-63(84-39(3)77)65(85-40(4)78)68(88-43(7)81)70(91-57)92-64-58(36-83-38(2)76)90-69(67(87-42(6)80)66(64)86-41(5)79)89-48-25-23-47(24-26-48)62-55-33-31-53(73-55)60(45-19-13-9-14-20-45)51-29-27-49(71-51)59(44-17-11-8-12-18-44)50-28-30-52(72-50)61(46-21-15-10-16-22-46)54-32-34-56(62)74-54/h8-34,57-58,63-71,74H,35-36H2,1-7H3/t57?,58?,63-,64+,65?,66?,67?,68?,69+,70-/m0/s1. The van der Waals surface area contributed by atoms with Crippen LogP contribution in [0.2, 0.25) is 0 Å². The number of carbonyl (C=O) groups excluding carboxylic acids is 7. The summed E-state index contributed by atoms with van der Waals surface area (Å²) in [5.41, 5.74) is 12.8. The van der Waals surface area contributed by atoms with Crippen LogP contribution in [0.1, 0.15) is 71.2 Å². The number of nitrogens with one attached hydrogen (secondary N) is 2. The number of carbonyl (C=O) groups is 7. The minimum Gasteiger partial charge on any atom is -0.463 e. The summed E-state index contributed by atoms with van der Waals surface area (Å²) in [6.45, 7) is 6.35. The van der Waals surface area contributed by atoms with Gasteiger partial charge in [0.2, 0.25) is 12.4 Å². The first-order chi connectivity index (χ1) is 44.3. The SMILES string of the molecule is CC(=O)OCC1O[C@@H](Oc2ccc(-c3c4nc(c(-c5ccccc5)c5ccc([nH]5)c(-c5ccccc5)c5nc(c(-c6ccccc6)c6ccc3[nH]6)C=C5)C=C4)cc2)C(OC(C)=O)C(OC(C)=O)[C@@H]1O[C@@H]1OC(COC(C)=O)[C@H](OC(C)=O)C(OC(C)=O)C1OC(C)=O. The molecule has 472 valence electrons. The molecule has 22 nitrogen and oxygen atoms in total. The maximum atomic E-state index is 13.2. The van der Waals surface area contributed by atoms with Gasteiger partial charge < -0.3 is 62.1 Å². The van der Waals surface area contributed by atoms with E-state index in [1.165, 1.54) is 0 Å². The first-order valence-corrected chi connectivity index (χ1v) is 29.5. The molecular formula is C70H64N4O18. The monoisotopic (exact) mass is 1250 g/mol. The highest BCUT2D eigenvalue weighted by atomic mass is 16.8. The number of ether oxygens (including phenoxy) is 11. The third-order valence-corrected chi connectivity index (χ3v) is 15.2. The van der Waals surface area contributed by atoms with Gasteiger partial charge in [-0.2, -0.15) is 0 Å². The second-order valence-corrected chi connectivity index (χ2v) is 21.9. The van der Waals surface area contributed by atoms with Crippen LogP contribution in [-0.2, 0) is 80.9 Å². The molecule has 7 heterocycles. The maximum Gasteiger partial charge on any atom is 0.303 e. The van der Waals surface area contributed by atoms with Crippen molar-refractivity contribution in [1.82, 2.24) is 19.9 Å². The number of nitrogens with zero attached hydrogens (tertiary/aromatic N) is 2. The number of esters is 7. The van der Waals surface area contributed by atoms with Gasteiger partial charge in [0.25, 0.3) is 0 Å². The van der Waals surface area contributed by atoms with Crippen LogP contribution in [0.3, 0.4) is 0 Å². The van der Waals surface area contributed by atoms with E-state index in [2.05, 4.69) is 34.2 Å². The Bertz CT molecular complexity index is 4150. The van der Waals surface area contributed by atoms with Crippen LogP contribution in [0, 0.1) is 0 Å². The zero-order valence-electron chi connectivity index (χ0n) is 51.0. The first kappa shape index (κ1) is 63.0. The first-order valence-electron chi connectivity index (χ1n) is 29.5. The van der Waals surface area contributed by atoms with Crippen LogP contribution >= 0.6 is 0 Å². The summed E-state index contributed by atoms with van der Waals surface area (Å²) in [5, 5.41) is 0. The molecule has 8 bridgehead atoms. The number of fused-ring (bicyclic) bond motifs is 8. The molecule has 0 amide bonds. The molecule has 2 N–H and O–H groups in total. The van der Waals surface area contributed by atoms with Crippen LogP contribution in [-0.4, -0.2) is 136 Å². The minimum absolute atomic E-state index is 0.159. The molecule has 11 rings (SSSR count). The lowest BCUT2D eigenvalue weighted by molar-refractivity contribution is -0.354. The quantitative estimate of drug-likeness (QED) is 0.0633. The predicted molar refractivity (Wildman–Crippen MR) is 334 cm³/mol. The third kappa shape index (κ3) is 14.2. The van der Waals surface area contributed by atoms with E-state index in [9.17, 15) is 33.6 Å². The summed E-state index contributed by atoms with van der Waals surface area (Å²) in [6.07, 6.45) is -8.53. The lowest BCUT2D eigenvalue weighted by Crippen LogP contribution is -2.67. The molecular weight excluding hydrogens is 1180 g/mol. The van der Waals surface area contributed by atoms with Crippen molar-refractivity contribution in [2.45, 2.75) is 110 Å². The van der Waals surface area contributed by atoms with E-state index in [4.69, 9.17) is 62.1 Å². The lowest BCUT2D eigenvalue weighted by Gasteiger charge is -2.48. The van der Waals surface area contributed by atoms with E-state index in [-0.39, 0.29) is 5.75 Å². The molecule has 6 unspecified atom stereocenters. The van der Waals surface area contributed by atoms with E-state index in [0.717, 1.165) is 110 Å². The third-order valence-electron chi connectivity index (χ3n) is 15.2. The van der Waals surface area contributed by atoms with Crippen LogP contribution in [0.5, 0.6) is 5.75 Å². The fourth-order valence-electron chi connectivity index (χ4n) is 11.6. The van der Waals surface area contributed by atoms with Gasteiger partial charge in [-0.3, -0.25) is 33.6 Å². The Morgan fingerprint density at radius 1 is 0.359 bits per heavy atom. The highest BCUT2D eigenvalue weighted by Gasteiger charge is 2.58. The van der Waals surface area contributed by atoms with Crippen LogP contribution < -0.4 is 4.74 Å². The van der Waals surface area contributed by atoms with Gasteiger partial charge in [0.05, 0.1) is 22.8 Å². The smallest absolute Gasteiger partial charge is 0.303 e. The molecule has 2 saturated heterocycles. The van der Waals surface area contributed by atoms with Gasteiger partial charge in [0.15, 0.2) is 30.7 Å². The molecule has 92 heavy (non-hydrogen) atoms. The molecule has 0 saturated carbocycles. The molecule has 22 heteroatoms. The number of aromatic amines is 2. The normalized spacial score (nSPS) is 21.5. The fraction of sp³-hybridized carbons (Fsp3) is 0.271. The Labute approximate surface area is 527 Å². The van der Waals surface area contributed by atoms with Crippen LogP contribution in [0.25, 0.3) is 90.9 Å². The number of hydrogen-bond acceptors (Lipinski definition) is 20. The second-order valence-electron chi connectivity index (χ2n) is 21.9. The average Bonchev–Trinajstić information content (AvgIpc) is 1.19. The van der Waals surface area contributed by atoms with E-state index in [1.54, 1.807) is 12.1 Å². The van der Waals surface area contributed by atoms with Gasteiger partial charge >= 0.3 is 41.8 Å². The zero-order chi connectivity index (χ0) is 64.7. The Morgan fingerprint density at radius 3 is 1.04 bits per heavy atom. The molecule has 10 atom stereocenters. The summed E-state index contributed by atoms with van der Waals surface area (Å²) in [4.78, 5) is 108. The van der Waals surface area contributed by atoms with Gasteiger partial charge in [-0.25, -0.2) is 9.97 Å². The number of H-pyrrole nitrogens is 2. The van der Waals surface area contributed by atoms with E-state index >= 15 is 0 Å². The molecule has 0 aliphatic carbocycles. The summed E-state index contributed by atoms with van der Waals surface area (Å²) < 4.78 is 65.3. The van der Waals surface area contributed by atoms with Crippen molar-refractivity contribution in [3.63, 3.8) is 0 Å². The van der Waals surface area contributed by atoms with Crippen molar-refractivity contribution in [1.29, 1.82) is 0 Å². The molecule has 4 aliphatic heterocycles. The van der Waals surface area contributed by atoms with Crippen molar-refractivity contribution < 1.29 is 85.7 Å². The van der Waals surface area contributed by atoms with E-state index < -0.39 is 116 Å². The van der Waals surface area contributed by atoms with Crippen molar-refractivity contribution in [2.24, 2.45) is 0 Å². The second kappa shape index (κ2) is 27.7. The molecule has 4 aliphatic rings. The largest absolute Gasteiger partial charge is 0.463 e. The molecule has 2 fully saturated rings. The fourth-order valence-corrected chi connectivity index (χ4v) is 11.6. The Balaban J connectivity index is 1.02. The number of aromatic nitrogens is 4. The summed E-state index contributed by atoms with van der Waals surface area (Å²) in [7, 11) is 0. The van der Waals surface area contributed by atoms with Crippen molar-refractivity contribution in [3.05, 3.63) is 162 Å². The maximum absolute atomic E-state index is 13.2. The topological polar surface area (TPSA) is 278 Å². The molecule has 7 aromatic rings. The van der Waals surface area contributed by atoms with Crippen LogP contribution in [0.4, 0.5) is 0 Å². The molecule has 4 aromatic carbocycles. The Hall–Kier alpha value is -10.5. The molecule has 3 aromatic heterocycles. The Morgan fingerprint density at radius 2 is 0.674 bits per heavy atom. The predicted octanol–water partition coefficient (Wildman–Crippen LogP) is 10.3. The van der Waals surface area contributed by atoms with E-state index in [1.807, 2.05) is 127 Å². The zero-order valence-corrected chi connectivity index (χ0v) is 51.0. The van der Waals surface area contributed by atoms with Gasteiger partial charge in [-0.05, 0) is 83.0 Å². The summed E-state index contributed by atoms with van der Waals surface area (Å²) >= 11 is 0. The molecule has 0 spiro atoms. The molecule has 0 radical (unpaired) electrons. The number of benzene rings is 4. The van der Waals surface area contributed by atoms with Crippen molar-refractivity contribution in [2.75, 3.05) is 13.2 Å². The lowest BCUT2D eigenvalue weighted by atomic mass is 9.96. The van der Waals surface area contributed by atoms with Crippen molar-refractivity contribution >= 4 is 88.2 Å². The van der Waals surface area contributed by atoms with Gasteiger partial charge in [-0.1, -0.05) is 103 Å². The summed E-state index contributed by atoms with van der Waals surface area (Å²) in [5.74, 6) is -5.90. The van der Waals surface area contributed by atoms with Crippen molar-refractivity contribution in [3.8, 4) is 50.3 Å². The average molecular weight is 1250 g/mol. The van der Waals surface area contributed by atoms with Gasteiger partial charge in [0, 0.05) is 92.8 Å². The van der Waals surface area contributed by atoms with Crippen LogP contribution in [0.15, 0.2) is 140 Å². The van der Waals surface area contributed by atoms with E-state index in [0.29, 0.717) is 28.0 Å². The highest BCUT2D eigenvalue weighted by Crippen LogP contribution is 2.41. The summed E-state index contributed by atoms with van der Waals surface area (Å²) in [6, 6.07) is 45.3.